The standard InChI is InChI=1S/C18H33N3O2.ClH/c22-17(7-6-15-8-10-19-11-9-15)20-12-13-21-18(23)14-16-4-2-1-3-5-16;/h15-16,19H,1-14H2,(H,20,22)(H,21,23);1H. The van der Waals surface area contributed by atoms with Crippen molar-refractivity contribution >= 4 is 24.2 Å². The van der Waals surface area contributed by atoms with Gasteiger partial charge in [-0.2, -0.15) is 0 Å². The van der Waals surface area contributed by atoms with E-state index in [0.29, 0.717) is 37.8 Å². The van der Waals surface area contributed by atoms with E-state index in [9.17, 15) is 9.59 Å². The molecule has 2 amide bonds. The molecular formula is C18H34ClN3O2. The smallest absolute Gasteiger partial charge is 0.220 e. The Morgan fingerprint density at radius 1 is 0.833 bits per heavy atom. The van der Waals surface area contributed by atoms with Gasteiger partial charge in [-0.3, -0.25) is 9.59 Å². The maximum atomic E-state index is 11.9. The topological polar surface area (TPSA) is 70.2 Å². The van der Waals surface area contributed by atoms with Crippen LogP contribution in [-0.2, 0) is 9.59 Å². The molecule has 24 heavy (non-hydrogen) atoms. The molecule has 0 aromatic heterocycles. The van der Waals surface area contributed by atoms with Gasteiger partial charge in [0.25, 0.3) is 0 Å². The third-order valence-electron chi connectivity index (χ3n) is 5.21. The molecule has 1 saturated heterocycles. The molecule has 0 atom stereocenters. The van der Waals surface area contributed by atoms with Crippen LogP contribution in [0.2, 0.25) is 0 Å². The van der Waals surface area contributed by atoms with Gasteiger partial charge in [0.1, 0.15) is 0 Å². The molecule has 1 aliphatic carbocycles. The Hall–Kier alpha value is -0.810. The molecule has 0 aromatic carbocycles. The van der Waals surface area contributed by atoms with E-state index in [1.54, 1.807) is 0 Å². The van der Waals surface area contributed by atoms with Crippen molar-refractivity contribution in [3.63, 3.8) is 0 Å². The van der Waals surface area contributed by atoms with Gasteiger partial charge in [-0.15, -0.1) is 12.4 Å². The van der Waals surface area contributed by atoms with Crippen molar-refractivity contribution < 1.29 is 9.59 Å². The van der Waals surface area contributed by atoms with Crippen LogP contribution in [0.1, 0.15) is 64.2 Å². The largest absolute Gasteiger partial charge is 0.354 e. The number of halogens is 1. The highest BCUT2D eigenvalue weighted by Gasteiger charge is 2.17. The molecule has 1 heterocycles. The van der Waals surface area contributed by atoms with Gasteiger partial charge in [-0.25, -0.2) is 0 Å². The highest BCUT2D eigenvalue weighted by molar-refractivity contribution is 5.85. The summed E-state index contributed by atoms with van der Waals surface area (Å²) in [4.78, 5) is 23.7. The summed E-state index contributed by atoms with van der Waals surface area (Å²) >= 11 is 0. The van der Waals surface area contributed by atoms with E-state index < -0.39 is 0 Å². The lowest BCUT2D eigenvalue weighted by Crippen LogP contribution is -2.35. The number of carbonyl (C=O) groups excluding carboxylic acids is 2. The van der Waals surface area contributed by atoms with Crippen molar-refractivity contribution in [2.75, 3.05) is 26.2 Å². The molecule has 1 aliphatic heterocycles. The van der Waals surface area contributed by atoms with E-state index >= 15 is 0 Å². The van der Waals surface area contributed by atoms with Crippen LogP contribution < -0.4 is 16.0 Å². The fourth-order valence-electron chi connectivity index (χ4n) is 3.72. The van der Waals surface area contributed by atoms with Gasteiger partial charge in [0, 0.05) is 25.9 Å². The van der Waals surface area contributed by atoms with Gasteiger partial charge in [-0.1, -0.05) is 19.3 Å². The van der Waals surface area contributed by atoms with Gasteiger partial charge in [-0.05, 0) is 57.0 Å². The number of hydrogen-bond acceptors (Lipinski definition) is 3. The van der Waals surface area contributed by atoms with E-state index in [1.807, 2.05) is 0 Å². The van der Waals surface area contributed by atoms with Crippen molar-refractivity contribution in [1.29, 1.82) is 0 Å². The first-order valence-corrected chi connectivity index (χ1v) is 9.48. The van der Waals surface area contributed by atoms with Crippen LogP contribution in [0.4, 0.5) is 0 Å². The Morgan fingerprint density at radius 3 is 2.12 bits per heavy atom. The summed E-state index contributed by atoms with van der Waals surface area (Å²) < 4.78 is 0. The molecule has 0 radical (unpaired) electrons. The maximum Gasteiger partial charge on any atom is 0.220 e. The summed E-state index contributed by atoms with van der Waals surface area (Å²) in [7, 11) is 0. The highest BCUT2D eigenvalue weighted by Crippen LogP contribution is 2.25. The molecule has 2 fully saturated rings. The molecule has 1 saturated carbocycles. The molecule has 0 bridgehead atoms. The monoisotopic (exact) mass is 359 g/mol. The van der Waals surface area contributed by atoms with Crippen LogP contribution in [0, 0.1) is 11.8 Å². The van der Waals surface area contributed by atoms with Crippen LogP contribution >= 0.6 is 12.4 Å². The molecule has 0 spiro atoms. The molecule has 0 aromatic rings. The fourth-order valence-corrected chi connectivity index (χ4v) is 3.72. The summed E-state index contributed by atoms with van der Waals surface area (Å²) in [6, 6.07) is 0. The first kappa shape index (κ1) is 21.2. The number of amides is 2. The Labute approximate surface area is 152 Å². The van der Waals surface area contributed by atoms with E-state index in [4.69, 9.17) is 0 Å². The van der Waals surface area contributed by atoms with Crippen molar-refractivity contribution in [1.82, 2.24) is 16.0 Å². The maximum absolute atomic E-state index is 11.9. The second-order valence-electron chi connectivity index (χ2n) is 7.14. The van der Waals surface area contributed by atoms with Gasteiger partial charge < -0.3 is 16.0 Å². The van der Waals surface area contributed by atoms with Crippen LogP contribution in [0.25, 0.3) is 0 Å². The van der Waals surface area contributed by atoms with Gasteiger partial charge in [0.15, 0.2) is 0 Å². The summed E-state index contributed by atoms with van der Waals surface area (Å²) in [6.07, 6.45) is 10.9. The average molecular weight is 360 g/mol. The van der Waals surface area contributed by atoms with Crippen molar-refractivity contribution in [2.24, 2.45) is 11.8 Å². The van der Waals surface area contributed by atoms with Crippen molar-refractivity contribution in [2.45, 2.75) is 64.2 Å². The summed E-state index contributed by atoms with van der Waals surface area (Å²) in [6.45, 7) is 3.25. The normalized spacial score (nSPS) is 19.3. The number of rotatable bonds is 8. The molecule has 5 nitrogen and oxygen atoms in total. The highest BCUT2D eigenvalue weighted by atomic mass is 35.5. The molecule has 3 N–H and O–H groups in total. The number of hydrogen-bond donors (Lipinski definition) is 3. The Kier molecular flexibility index (Phi) is 11.1. The fraction of sp³-hybridized carbons (Fsp3) is 0.889. The molecule has 2 rings (SSSR count). The Balaban J connectivity index is 0.00000288. The first-order chi connectivity index (χ1) is 11.2. The third-order valence-corrected chi connectivity index (χ3v) is 5.21. The predicted molar refractivity (Wildman–Crippen MR) is 99.3 cm³/mol. The number of piperidine rings is 1. The minimum Gasteiger partial charge on any atom is -0.354 e. The zero-order valence-electron chi connectivity index (χ0n) is 14.8. The van der Waals surface area contributed by atoms with E-state index in [2.05, 4.69) is 16.0 Å². The van der Waals surface area contributed by atoms with Crippen LogP contribution in [0.3, 0.4) is 0 Å². The first-order valence-electron chi connectivity index (χ1n) is 9.48. The second kappa shape index (κ2) is 12.5. The Bertz CT molecular complexity index is 367. The number of nitrogens with one attached hydrogen (secondary N) is 3. The zero-order chi connectivity index (χ0) is 16.3. The summed E-state index contributed by atoms with van der Waals surface area (Å²) in [5.41, 5.74) is 0. The third kappa shape index (κ3) is 8.88. The molecule has 0 unspecified atom stereocenters. The second-order valence-corrected chi connectivity index (χ2v) is 7.14. The SMILES string of the molecule is Cl.O=C(CCC1CCNCC1)NCCNC(=O)CC1CCCCC1. The Morgan fingerprint density at radius 2 is 1.46 bits per heavy atom. The summed E-state index contributed by atoms with van der Waals surface area (Å²) in [5.74, 6) is 1.52. The lowest BCUT2D eigenvalue weighted by atomic mass is 9.87. The van der Waals surface area contributed by atoms with E-state index in [-0.39, 0.29) is 24.2 Å². The predicted octanol–water partition coefficient (Wildman–Crippen LogP) is 2.39. The van der Waals surface area contributed by atoms with Gasteiger partial charge >= 0.3 is 0 Å². The quantitative estimate of drug-likeness (QED) is 0.583. The van der Waals surface area contributed by atoms with E-state index in [1.165, 1.54) is 44.9 Å². The molecule has 2 aliphatic rings. The van der Waals surface area contributed by atoms with E-state index in [0.717, 1.165) is 19.5 Å². The van der Waals surface area contributed by atoms with Crippen LogP contribution in [0.5, 0.6) is 0 Å². The van der Waals surface area contributed by atoms with Crippen molar-refractivity contribution in [3.05, 3.63) is 0 Å². The zero-order valence-corrected chi connectivity index (χ0v) is 15.6. The molecular weight excluding hydrogens is 326 g/mol. The van der Waals surface area contributed by atoms with Gasteiger partial charge in [0.05, 0.1) is 0 Å². The minimum atomic E-state index is 0. The lowest BCUT2D eigenvalue weighted by Gasteiger charge is -2.22. The van der Waals surface area contributed by atoms with Gasteiger partial charge in [0.2, 0.25) is 11.8 Å². The summed E-state index contributed by atoms with van der Waals surface area (Å²) in [5, 5.41) is 9.18. The molecule has 140 valence electrons. The van der Waals surface area contributed by atoms with Crippen LogP contribution in [-0.4, -0.2) is 38.0 Å². The minimum absolute atomic E-state index is 0. The lowest BCUT2D eigenvalue weighted by molar-refractivity contribution is -0.123. The molecule has 6 heteroatoms. The average Bonchev–Trinajstić information content (AvgIpc) is 2.59. The number of carbonyl (C=O) groups is 2. The van der Waals surface area contributed by atoms with Crippen molar-refractivity contribution in [3.8, 4) is 0 Å². The van der Waals surface area contributed by atoms with Crippen LogP contribution in [0.15, 0.2) is 0 Å².